The lowest BCUT2D eigenvalue weighted by Gasteiger charge is -2.00. The normalized spacial score (nSPS) is 10.3. The molecule has 2 aromatic rings. The van der Waals surface area contributed by atoms with E-state index in [9.17, 15) is 14.0 Å². The van der Waals surface area contributed by atoms with E-state index in [0.29, 0.717) is 0 Å². The summed E-state index contributed by atoms with van der Waals surface area (Å²) in [6.07, 6.45) is 2.61. The van der Waals surface area contributed by atoms with Crippen molar-refractivity contribution in [3.05, 3.63) is 54.0 Å². The van der Waals surface area contributed by atoms with Gasteiger partial charge in [0.1, 0.15) is 5.69 Å². The summed E-state index contributed by atoms with van der Waals surface area (Å²) in [6, 6.07) is 5.68. The van der Waals surface area contributed by atoms with Crippen LogP contribution in [0.4, 0.5) is 4.39 Å². The number of rotatable bonds is 5. The summed E-state index contributed by atoms with van der Waals surface area (Å²) in [4.78, 5) is 26.9. The molecule has 5 heteroatoms. The van der Waals surface area contributed by atoms with Crippen molar-refractivity contribution in [2.45, 2.75) is 12.8 Å². The first-order valence-corrected chi connectivity index (χ1v) is 5.39. The Bertz CT molecular complexity index is 563. The molecule has 0 aromatic carbocycles. The van der Waals surface area contributed by atoms with E-state index in [-0.39, 0.29) is 30.1 Å². The van der Waals surface area contributed by atoms with Gasteiger partial charge in [0.15, 0.2) is 23.1 Å². The minimum absolute atomic E-state index is 0.0254. The molecule has 0 saturated heterocycles. The lowest BCUT2D eigenvalue weighted by molar-refractivity contribution is 0.0898. The number of carbonyl (C=O) groups excluding carboxylic acids is 2. The van der Waals surface area contributed by atoms with Crippen LogP contribution < -0.4 is 0 Å². The van der Waals surface area contributed by atoms with Crippen LogP contribution >= 0.6 is 0 Å². The van der Waals surface area contributed by atoms with Crippen LogP contribution in [0.5, 0.6) is 0 Å². The van der Waals surface area contributed by atoms with Gasteiger partial charge in [0, 0.05) is 19.0 Å². The van der Waals surface area contributed by atoms with Gasteiger partial charge in [-0.25, -0.2) is 4.39 Å². The molecule has 2 aromatic heterocycles. The van der Waals surface area contributed by atoms with Gasteiger partial charge in [-0.15, -0.1) is 0 Å². The SMILES string of the molecule is O=C(CCC(=O)c1ncccc1F)c1ccco1. The van der Waals surface area contributed by atoms with Crippen molar-refractivity contribution < 1.29 is 18.4 Å². The molecule has 0 bridgehead atoms. The van der Waals surface area contributed by atoms with Crippen molar-refractivity contribution in [3.8, 4) is 0 Å². The van der Waals surface area contributed by atoms with Crippen LogP contribution in [0.25, 0.3) is 0 Å². The number of furan rings is 1. The van der Waals surface area contributed by atoms with E-state index >= 15 is 0 Å². The predicted molar refractivity (Wildman–Crippen MR) is 60.8 cm³/mol. The molecular weight excluding hydrogens is 237 g/mol. The Labute approximate surface area is 102 Å². The molecule has 0 atom stereocenters. The highest BCUT2D eigenvalue weighted by atomic mass is 19.1. The van der Waals surface area contributed by atoms with Crippen LogP contribution in [0.3, 0.4) is 0 Å². The number of carbonyl (C=O) groups is 2. The number of ketones is 2. The first-order valence-electron chi connectivity index (χ1n) is 5.39. The first kappa shape index (κ1) is 12.2. The Kier molecular flexibility index (Phi) is 3.62. The van der Waals surface area contributed by atoms with Gasteiger partial charge in [-0.3, -0.25) is 14.6 Å². The van der Waals surface area contributed by atoms with Gasteiger partial charge in [0.2, 0.25) is 0 Å². The van der Waals surface area contributed by atoms with Gasteiger partial charge >= 0.3 is 0 Å². The monoisotopic (exact) mass is 247 g/mol. The summed E-state index contributed by atoms with van der Waals surface area (Å²) >= 11 is 0. The second-order valence-electron chi connectivity index (χ2n) is 3.66. The van der Waals surface area contributed by atoms with Crippen LogP contribution in [0, 0.1) is 5.82 Å². The molecule has 0 radical (unpaired) electrons. The van der Waals surface area contributed by atoms with E-state index in [2.05, 4.69) is 4.98 Å². The minimum atomic E-state index is -0.673. The fourth-order valence-electron chi connectivity index (χ4n) is 1.50. The average Bonchev–Trinajstić information content (AvgIpc) is 2.90. The fraction of sp³-hybridized carbons (Fsp3) is 0.154. The van der Waals surface area contributed by atoms with E-state index in [1.54, 1.807) is 6.07 Å². The summed E-state index contributed by atoms with van der Waals surface area (Å²) in [5, 5.41) is 0. The second-order valence-corrected chi connectivity index (χ2v) is 3.66. The highest BCUT2D eigenvalue weighted by molar-refractivity contribution is 6.00. The standard InChI is InChI=1S/C13H10FNO3/c14-9-3-1-7-15-13(9)11(17)6-5-10(16)12-4-2-8-18-12/h1-4,7-8H,5-6H2. The number of aromatic nitrogens is 1. The second kappa shape index (κ2) is 5.35. The molecule has 0 saturated carbocycles. The van der Waals surface area contributed by atoms with Crippen LogP contribution in [0.15, 0.2) is 41.1 Å². The maximum Gasteiger partial charge on any atom is 0.198 e. The number of pyridine rings is 1. The number of hydrogen-bond donors (Lipinski definition) is 0. The Hall–Kier alpha value is -2.30. The molecule has 0 aliphatic rings. The van der Waals surface area contributed by atoms with Gasteiger partial charge in [-0.05, 0) is 24.3 Å². The molecule has 0 aliphatic heterocycles. The van der Waals surface area contributed by atoms with Gasteiger partial charge in [-0.2, -0.15) is 0 Å². The number of nitrogens with zero attached hydrogens (tertiary/aromatic N) is 1. The van der Waals surface area contributed by atoms with E-state index < -0.39 is 11.6 Å². The van der Waals surface area contributed by atoms with Crippen LogP contribution in [0.2, 0.25) is 0 Å². The molecule has 0 aliphatic carbocycles. The van der Waals surface area contributed by atoms with Crippen molar-refractivity contribution in [1.82, 2.24) is 4.98 Å². The third kappa shape index (κ3) is 2.68. The largest absolute Gasteiger partial charge is 0.461 e. The minimum Gasteiger partial charge on any atom is -0.461 e. The highest BCUT2D eigenvalue weighted by Gasteiger charge is 2.16. The molecule has 0 amide bonds. The quantitative estimate of drug-likeness (QED) is 0.762. The van der Waals surface area contributed by atoms with Crippen molar-refractivity contribution in [2.75, 3.05) is 0 Å². The number of halogens is 1. The van der Waals surface area contributed by atoms with E-state index in [1.807, 2.05) is 0 Å². The molecule has 0 spiro atoms. The Morgan fingerprint density at radius 3 is 2.61 bits per heavy atom. The van der Waals surface area contributed by atoms with Gasteiger partial charge in [0.25, 0.3) is 0 Å². The first-order chi connectivity index (χ1) is 8.68. The van der Waals surface area contributed by atoms with Gasteiger partial charge in [0.05, 0.1) is 6.26 Å². The fourth-order valence-corrected chi connectivity index (χ4v) is 1.50. The Balaban J connectivity index is 1.97. The summed E-state index contributed by atoms with van der Waals surface area (Å²) in [7, 11) is 0. The van der Waals surface area contributed by atoms with Gasteiger partial charge < -0.3 is 4.42 Å². The number of Topliss-reactive ketones (excluding diaryl/α,β-unsaturated/α-hetero) is 2. The smallest absolute Gasteiger partial charge is 0.198 e. The Morgan fingerprint density at radius 2 is 1.94 bits per heavy atom. The Morgan fingerprint density at radius 1 is 1.17 bits per heavy atom. The molecule has 2 rings (SSSR count). The molecule has 0 N–H and O–H groups in total. The molecule has 2 heterocycles. The van der Waals surface area contributed by atoms with E-state index in [1.165, 1.54) is 24.6 Å². The summed E-state index contributed by atoms with van der Waals surface area (Å²) in [6.45, 7) is 0. The van der Waals surface area contributed by atoms with Crippen molar-refractivity contribution >= 4 is 11.6 Å². The zero-order valence-electron chi connectivity index (χ0n) is 9.43. The van der Waals surface area contributed by atoms with Crippen LogP contribution in [-0.2, 0) is 0 Å². The van der Waals surface area contributed by atoms with E-state index in [0.717, 1.165) is 6.07 Å². The lowest BCUT2D eigenvalue weighted by atomic mass is 10.1. The average molecular weight is 247 g/mol. The molecular formula is C13H10FNO3. The predicted octanol–water partition coefficient (Wildman–Crippen LogP) is 2.66. The highest BCUT2D eigenvalue weighted by Crippen LogP contribution is 2.10. The molecule has 4 nitrogen and oxygen atoms in total. The third-order valence-corrected chi connectivity index (χ3v) is 2.40. The summed E-state index contributed by atoms with van der Waals surface area (Å²) < 4.78 is 18.2. The zero-order valence-corrected chi connectivity index (χ0v) is 9.43. The molecule has 0 fully saturated rings. The van der Waals surface area contributed by atoms with Crippen molar-refractivity contribution in [2.24, 2.45) is 0 Å². The molecule has 0 unspecified atom stereocenters. The zero-order chi connectivity index (χ0) is 13.0. The summed E-state index contributed by atoms with van der Waals surface area (Å²) in [5.74, 6) is -1.25. The van der Waals surface area contributed by atoms with Crippen molar-refractivity contribution in [1.29, 1.82) is 0 Å². The topological polar surface area (TPSA) is 60.2 Å². The molecule has 18 heavy (non-hydrogen) atoms. The lowest BCUT2D eigenvalue weighted by Crippen LogP contribution is -2.08. The summed E-state index contributed by atoms with van der Waals surface area (Å²) in [5.41, 5.74) is -0.232. The molecule has 92 valence electrons. The van der Waals surface area contributed by atoms with E-state index in [4.69, 9.17) is 4.42 Å². The maximum absolute atomic E-state index is 13.3. The number of hydrogen-bond acceptors (Lipinski definition) is 4. The maximum atomic E-state index is 13.3. The van der Waals surface area contributed by atoms with Crippen LogP contribution in [-0.4, -0.2) is 16.6 Å². The van der Waals surface area contributed by atoms with Crippen molar-refractivity contribution in [3.63, 3.8) is 0 Å². The third-order valence-electron chi connectivity index (χ3n) is 2.40. The van der Waals surface area contributed by atoms with Gasteiger partial charge in [-0.1, -0.05) is 0 Å². The van der Waals surface area contributed by atoms with Crippen LogP contribution in [0.1, 0.15) is 33.9 Å².